The van der Waals surface area contributed by atoms with Crippen molar-refractivity contribution in [3.63, 3.8) is 0 Å². The summed E-state index contributed by atoms with van der Waals surface area (Å²) in [6.07, 6.45) is 0. The van der Waals surface area contributed by atoms with E-state index in [-0.39, 0.29) is 5.91 Å². The molecule has 0 saturated carbocycles. The predicted octanol–water partition coefficient (Wildman–Crippen LogP) is 1.10. The molecule has 2 N–H and O–H groups in total. The monoisotopic (exact) mass is 256 g/mol. The molecule has 1 aromatic heterocycles. The van der Waals surface area contributed by atoms with E-state index in [4.69, 9.17) is 5.73 Å². The molecule has 2 aromatic rings. The van der Waals surface area contributed by atoms with E-state index in [1.807, 2.05) is 42.3 Å². The van der Waals surface area contributed by atoms with Gasteiger partial charge in [0.05, 0.1) is 12.1 Å². The number of carbonyl (C=O) groups excluding carboxylic acids is 1. The van der Waals surface area contributed by atoms with Gasteiger partial charge in [0.2, 0.25) is 5.91 Å². The van der Waals surface area contributed by atoms with Crippen LogP contribution < -0.4 is 10.6 Å². The molecule has 0 spiro atoms. The smallest absolute Gasteiger partial charge is 0.241 e. The Morgan fingerprint density at radius 3 is 2.84 bits per heavy atom. The number of amides is 1. The number of aromatic nitrogens is 1. The molecule has 19 heavy (non-hydrogen) atoms. The molecule has 1 aliphatic heterocycles. The van der Waals surface area contributed by atoms with Gasteiger partial charge in [0.1, 0.15) is 5.82 Å². The molecule has 3 rings (SSSR count). The molecular formula is C14H16N4O. The van der Waals surface area contributed by atoms with Gasteiger partial charge in [-0.1, -0.05) is 0 Å². The maximum absolute atomic E-state index is 11.7. The lowest BCUT2D eigenvalue weighted by Crippen LogP contribution is -2.48. The van der Waals surface area contributed by atoms with Crippen molar-refractivity contribution in [3.8, 4) is 0 Å². The van der Waals surface area contributed by atoms with Crippen LogP contribution in [0.15, 0.2) is 30.3 Å². The van der Waals surface area contributed by atoms with Gasteiger partial charge in [-0.05, 0) is 30.3 Å². The number of benzene rings is 1. The minimum absolute atomic E-state index is 0.130. The average Bonchev–Trinajstić information content (AvgIpc) is 2.41. The van der Waals surface area contributed by atoms with Gasteiger partial charge >= 0.3 is 0 Å². The summed E-state index contributed by atoms with van der Waals surface area (Å²) in [5, 5.41) is 1.02. The quantitative estimate of drug-likeness (QED) is 0.776. The van der Waals surface area contributed by atoms with Crippen molar-refractivity contribution in [2.75, 3.05) is 37.3 Å². The molecule has 98 valence electrons. The van der Waals surface area contributed by atoms with Crippen LogP contribution in [0.25, 0.3) is 10.9 Å². The maximum atomic E-state index is 11.7. The summed E-state index contributed by atoms with van der Waals surface area (Å²) < 4.78 is 0. The summed E-state index contributed by atoms with van der Waals surface area (Å²) in [6, 6.07) is 9.60. The van der Waals surface area contributed by atoms with E-state index in [0.717, 1.165) is 35.5 Å². The van der Waals surface area contributed by atoms with E-state index in [1.165, 1.54) is 0 Å². The number of hydrogen-bond acceptors (Lipinski definition) is 4. The van der Waals surface area contributed by atoms with Crippen LogP contribution in [-0.4, -0.2) is 42.5 Å². The van der Waals surface area contributed by atoms with Crippen molar-refractivity contribution < 1.29 is 4.79 Å². The molecule has 0 atom stereocenters. The Morgan fingerprint density at radius 2 is 2.05 bits per heavy atom. The molecule has 0 bridgehead atoms. The number of rotatable bonds is 1. The number of fused-ring (bicyclic) bond motifs is 1. The molecule has 0 unspecified atom stereocenters. The number of nitrogen functional groups attached to an aromatic ring is 1. The maximum Gasteiger partial charge on any atom is 0.241 e. The summed E-state index contributed by atoms with van der Waals surface area (Å²) in [4.78, 5) is 20.1. The van der Waals surface area contributed by atoms with E-state index in [0.29, 0.717) is 6.54 Å². The van der Waals surface area contributed by atoms with Crippen molar-refractivity contribution >= 4 is 28.3 Å². The Morgan fingerprint density at radius 1 is 1.21 bits per heavy atom. The SMILES string of the molecule is CN1CCN(c2ccc3cc(N)ccc3n2)CC1=O. The Bertz CT molecular complexity index is 640. The van der Waals surface area contributed by atoms with Crippen LogP contribution in [0.1, 0.15) is 0 Å². The van der Waals surface area contributed by atoms with Crippen molar-refractivity contribution in [1.29, 1.82) is 0 Å². The predicted molar refractivity (Wildman–Crippen MR) is 76.0 cm³/mol. The van der Waals surface area contributed by atoms with Gasteiger partial charge in [0, 0.05) is 31.2 Å². The lowest BCUT2D eigenvalue weighted by Gasteiger charge is -2.32. The van der Waals surface area contributed by atoms with Crippen molar-refractivity contribution in [3.05, 3.63) is 30.3 Å². The highest BCUT2D eigenvalue weighted by atomic mass is 16.2. The fourth-order valence-electron chi connectivity index (χ4n) is 2.26. The van der Waals surface area contributed by atoms with E-state index in [9.17, 15) is 4.79 Å². The van der Waals surface area contributed by atoms with Crippen molar-refractivity contribution in [1.82, 2.24) is 9.88 Å². The van der Waals surface area contributed by atoms with E-state index in [2.05, 4.69) is 4.98 Å². The van der Waals surface area contributed by atoms with Gasteiger partial charge in [0.25, 0.3) is 0 Å². The fraction of sp³-hybridized carbons (Fsp3) is 0.286. The van der Waals surface area contributed by atoms with Crippen LogP contribution in [-0.2, 0) is 4.79 Å². The normalized spacial score (nSPS) is 16.2. The lowest BCUT2D eigenvalue weighted by atomic mass is 10.2. The average molecular weight is 256 g/mol. The number of hydrogen-bond donors (Lipinski definition) is 1. The van der Waals surface area contributed by atoms with Gasteiger partial charge in [-0.15, -0.1) is 0 Å². The molecule has 1 amide bonds. The first kappa shape index (κ1) is 11.8. The van der Waals surface area contributed by atoms with E-state index in [1.54, 1.807) is 4.90 Å². The molecular weight excluding hydrogens is 240 g/mol. The van der Waals surface area contributed by atoms with Crippen LogP contribution >= 0.6 is 0 Å². The third-order valence-electron chi connectivity index (χ3n) is 3.48. The van der Waals surface area contributed by atoms with Gasteiger partial charge in [-0.25, -0.2) is 4.98 Å². The molecule has 2 heterocycles. The van der Waals surface area contributed by atoms with Crippen LogP contribution in [0.3, 0.4) is 0 Å². The first-order chi connectivity index (χ1) is 9.13. The molecule has 1 fully saturated rings. The molecule has 5 nitrogen and oxygen atoms in total. The molecule has 1 aliphatic rings. The first-order valence-corrected chi connectivity index (χ1v) is 6.29. The number of nitrogens with zero attached hydrogens (tertiary/aromatic N) is 3. The largest absolute Gasteiger partial charge is 0.399 e. The number of likely N-dealkylation sites (N-methyl/N-ethyl adjacent to an activating group) is 1. The lowest BCUT2D eigenvalue weighted by molar-refractivity contribution is -0.129. The van der Waals surface area contributed by atoms with Gasteiger partial charge in [-0.3, -0.25) is 4.79 Å². The standard InChI is InChI=1S/C14H16N4O/c1-17-6-7-18(9-14(17)19)13-5-2-10-8-11(15)3-4-12(10)16-13/h2-5,8H,6-7,9,15H2,1H3. The van der Waals surface area contributed by atoms with Crippen LogP contribution in [0.4, 0.5) is 11.5 Å². The van der Waals surface area contributed by atoms with E-state index >= 15 is 0 Å². The molecule has 1 saturated heterocycles. The highest BCUT2D eigenvalue weighted by Gasteiger charge is 2.21. The third-order valence-corrected chi connectivity index (χ3v) is 3.48. The highest BCUT2D eigenvalue weighted by Crippen LogP contribution is 2.21. The highest BCUT2D eigenvalue weighted by molar-refractivity contribution is 5.85. The summed E-state index contributed by atoms with van der Waals surface area (Å²) in [6.45, 7) is 1.94. The Hall–Kier alpha value is -2.30. The van der Waals surface area contributed by atoms with Gasteiger partial charge in [0.15, 0.2) is 0 Å². The molecule has 1 aromatic carbocycles. The summed E-state index contributed by atoms with van der Waals surface area (Å²) >= 11 is 0. The Labute approximate surface area is 111 Å². The second kappa shape index (κ2) is 4.42. The van der Waals surface area contributed by atoms with Crippen molar-refractivity contribution in [2.45, 2.75) is 0 Å². The fourth-order valence-corrected chi connectivity index (χ4v) is 2.26. The minimum atomic E-state index is 0.130. The molecule has 0 radical (unpaired) electrons. The topological polar surface area (TPSA) is 62.5 Å². The summed E-state index contributed by atoms with van der Waals surface area (Å²) in [5.41, 5.74) is 7.38. The second-order valence-electron chi connectivity index (χ2n) is 4.86. The van der Waals surface area contributed by atoms with E-state index < -0.39 is 0 Å². The molecule has 5 heteroatoms. The van der Waals surface area contributed by atoms with Gasteiger partial charge in [-0.2, -0.15) is 0 Å². The Kier molecular flexibility index (Phi) is 2.74. The van der Waals surface area contributed by atoms with Gasteiger partial charge < -0.3 is 15.5 Å². The number of piperazine rings is 1. The number of pyridine rings is 1. The summed E-state index contributed by atoms with van der Waals surface area (Å²) in [7, 11) is 1.83. The van der Waals surface area contributed by atoms with Crippen LogP contribution in [0, 0.1) is 0 Å². The first-order valence-electron chi connectivity index (χ1n) is 6.29. The number of nitrogens with two attached hydrogens (primary N) is 1. The summed E-state index contributed by atoms with van der Waals surface area (Å²) in [5.74, 6) is 0.976. The second-order valence-corrected chi connectivity index (χ2v) is 4.86. The zero-order valence-corrected chi connectivity index (χ0v) is 10.8. The Balaban J connectivity index is 1.93. The zero-order valence-electron chi connectivity index (χ0n) is 10.8. The zero-order chi connectivity index (χ0) is 13.4. The number of anilines is 2. The number of carbonyl (C=O) groups is 1. The van der Waals surface area contributed by atoms with Crippen molar-refractivity contribution in [2.24, 2.45) is 0 Å². The third kappa shape index (κ3) is 2.19. The van der Waals surface area contributed by atoms with Crippen LogP contribution in [0.2, 0.25) is 0 Å². The van der Waals surface area contributed by atoms with Crippen LogP contribution in [0.5, 0.6) is 0 Å². The molecule has 0 aliphatic carbocycles. The minimum Gasteiger partial charge on any atom is -0.399 e.